The third-order valence-electron chi connectivity index (χ3n) is 4.35. The van der Waals surface area contributed by atoms with Gasteiger partial charge in [-0.15, -0.1) is 0 Å². The van der Waals surface area contributed by atoms with Crippen LogP contribution < -0.4 is 14.8 Å². The van der Waals surface area contributed by atoms with Crippen LogP contribution >= 0.6 is 0 Å². The second kappa shape index (κ2) is 8.57. The van der Waals surface area contributed by atoms with Crippen molar-refractivity contribution in [3.63, 3.8) is 0 Å². The van der Waals surface area contributed by atoms with Crippen LogP contribution in [0.1, 0.15) is 43.0 Å². The van der Waals surface area contributed by atoms with Crippen LogP contribution in [0, 0.1) is 5.92 Å². The van der Waals surface area contributed by atoms with Crippen molar-refractivity contribution in [2.75, 3.05) is 20.8 Å². The summed E-state index contributed by atoms with van der Waals surface area (Å²) in [5.74, 6) is 0.490. The lowest BCUT2D eigenvalue weighted by atomic mass is 9.87. The molecule has 1 aromatic rings. The van der Waals surface area contributed by atoms with Gasteiger partial charge in [-0.3, -0.25) is 4.79 Å². The molecule has 1 N–H and O–H groups in total. The van der Waals surface area contributed by atoms with Crippen molar-refractivity contribution in [3.8, 4) is 11.5 Å². The SMILES string of the molecule is COc1cccc(OC)c1C(=O)OCC(=O)NC1CCC(C)CC1. The minimum absolute atomic E-state index is 0.174. The molecule has 2 rings (SSSR count). The Balaban J connectivity index is 1.90. The molecular formula is C18H25NO5. The number of benzene rings is 1. The molecule has 0 aliphatic heterocycles. The summed E-state index contributed by atoms with van der Waals surface area (Å²) in [6.07, 6.45) is 4.18. The molecule has 0 heterocycles. The third kappa shape index (κ3) is 4.63. The fourth-order valence-corrected chi connectivity index (χ4v) is 2.93. The Morgan fingerprint density at radius 3 is 2.21 bits per heavy atom. The first-order valence-corrected chi connectivity index (χ1v) is 8.22. The minimum atomic E-state index is -0.642. The van der Waals surface area contributed by atoms with Gasteiger partial charge in [0.25, 0.3) is 5.91 Å². The van der Waals surface area contributed by atoms with Gasteiger partial charge in [0.15, 0.2) is 6.61 Å². The summed E-state index contributed by atoms with van der Waals surface area (Å²) in [6.45, 7) is 1.91. The average molecular weight is 335 g/mol. The van der Waals surface area contributed by atoms with E-state index < -0.39 is 5.97 Å². The third-order valence-corrected chi connectivity index (χ3v) is 4.35. The Morgan fingerprint density at radius 2 is 1.67 bits per heavy atom. The van der Waals surface area contributed by atoms with E-state index in [-0.39, 0.29) is 24.1 Å². The summed E-state index contributed by atoms with van der Waals surface area (Å²) < 4.78 is 15.5. The van der Waals surface area contributed by atoms with Crippen LogP contribution in [0.5, 0.6) is 11.5 Å². The van der Waals surface area contributed by atoms with Crippen LogP contribution in [0.3, 0.4) is 0 Å². The molecule has 24 heavy (non-hydrogen) atoms. The van der Waals surface area contributed by atoms with Crippen LogP contribution in [-0.4, -0.2) is 38.7 Å². The molecule has 0 aromatic heterocycles. The number of hydrogen-bond donors (Lipinski definition) is 1. The van der Waals surface area contributed by atoms with Crippen LogP contribution in [0.2, 0.25) is 0 Å². The zero-order valence-corrected chi connectivity index (χ0v) is 14.5. The lowest BCUT2D eigenvalue weighted by Crippen LogP contribution is -2.39. The number of carbonyl (C=O) groups is 2. The first kappa shape index (κ1) is 18.1. The summed E-state index contributed by atoms with van der Waals surface area (Å²) in [5, 5.41) is 2.92. The van der Waals surface area contributed by atoms with Crippen LogP contribution in [0.25, 0.3) is 0 Å². The molecular weight excluding hydrogens is 310 g/mol. The van der Waals surface area contributed by atoms with Crippen molar-refractivity contribution in [2.24, 2.45) is 5.92 Å². The highest BCUT2D eigenvalue weighted by atomic mass is 16.5. The first-order chi connectivity index (χ1) is 11.5. The Kier molecular flexibility index (Phi) is 6.46. The van der Waals surface area contributed by atoms with E-state index in [1.807, 2.05) is 0 Å². The maximum atomic E-state index is 12.3. The largest absolute Gasteiger partial charge is 0.496 e. The lowest BCUT2D eigenvalue weighted by molar-refractivity contribution is -0.125. The summed E-state index contributed by atoms with van der Waals surface area (Å²) in [5.41, 5.74) is 0.182. The van der Waals surface area contributed by atoms with Gasteiger partial charge in [0.1, 0.15) is 17.1 Å². The molecule has 1 amide bonds. The second-order valence-electron chi connectivity index (χ2n) is 6.14. The molecule has 1 aliphatic carbocycles. The van der Waals surface area contributed by atoms with Gasteiger partial charge < -0.3 is 19.5 Å². The number of hydrogen-bond acceptors (Lipinski definition) is 5. The number of rotatable bonds is 6. The number of carbonyl (C=O) groups excluding carboxylic acids is 2. The zero-order valence-electron chi connectivity index (χ0n) is 14.5. The van der Waals surface area contributed by atoms with Gasteiger partial charge in [-0.1, -0.05) is 13.0 Å². The number of amides is 1. The topological polar surface area (TPSA) is 73.9 Å². The predicted octanol–water partition coefficient (Wildman–Crippen LogP) is 2.56. The summed E-state index contributed by atoms with van der Waals surface area (Å²) in [4.78, 5) is 24.3. The number of esters is 1. The van der Waals surface area contributed by atoms with E-state index in [9.17, 15) is 9.59 Å². The molecule has 1 fully saturated rings. The molecule has 1 aliphatic rings. The fourth-order valence-electron chi connectivity index (χ4n) is 2.93. The molecule has 0 radical (unpaired) electrons. The standard InChI is InChI=1S/C18H25NO5/c1-12-7-9-13(10-8-12)19-16(20)11-24-18(21)17-14(22-2)5-4-6-15(17)23-3/h4-6,12-13H,7-11H2,1-3H3,(H,19,20). The zero-order chi connectivity index (χ0) is 17.5. The van der Waals surface area contributed by atoms with Crippen molar-refractivity contribution in [1.82, 2.24) is 5.32 Å². The Morgan fingerprint density at radius 1 is 1.08 bits per heavy atom. The highest BCUT2D eigenvalue weighted by Gasteiger charge is 2.23. The van der Waals surface area contributed by atoms with E-state index in [0.29, 0.717) is 17.4 Å². The Labute approximate surface area is 142 Å². The first-order valence-electron chi connectivity index (χ1n) is 8.22. The van der Waals surface area contributed by atoms with Gasteiger partial charge >= 0.3 is 5.97 Å². The maximum Gasteiger partial charge on any atom is 0.346 e. The number of ether oxygens (including phenoxy) is 3. The van der Waals surface area contributed by atoms with Crippen molar-refractivity contribution >= 4 is 11.9 Å². The van der Waals surface area contributed by atoms with Gasteiger partial charge in [0.05, 0.1) is 14.2 Å². The number of methoxy groups -OCH3 is 2. The smallest absolute Gasteiger partial charge is 0.346 e. The fraction of sp³-hybridized carbons (Fsp3) is 0.556. The van der Waals surface area contributed by atoms with E-state index in [1.165, 1.54) is 14.2 Å². The highest BCUT2D eigenvalue weighted by molar-refractivity contribution is 5.96. The molecule has 0 spiro atoms. The van der Waals surface area contributed by atoms with Crippen molar-refractivity contribution in [3.05, 3.63) is 23.8 Å². The summed E-state index contributed by atoms with van der Waals surface area (Å²) in [7, 11) is 2.92. The Hall–Kier alpha value is -2.24. The van der Waals surface area contributed by atoms with Gasteiger partial charge in [-0.2, -0.15) is 0 Å². The van der Waals surface area contributed by atoms with Crippen LogP contribution in [-0.2, 0) is 9.53 Å². The van der Waals surface area contributed by atoms with Gasteiger partial charge in [0, 0.05) is 6.04 Å². The molecule has 0 unspecified atom stereocenters. The quantitative estimate of drug-likeness (QED) is 0.809. The molecule has 1 saturated carbocycles. The normalized spacial score (nSPS) is 20.1. The molecule has 0 saturated heterocycles. The molecule has 0 atom stereocenters. The van der Waals surface area contributed by atoms with E-state index in [2.05, 4.69) is 12.2 Å². The molecule has 6 nitrogen and oxygen atoms in total. The predicted molar refractivity (Wildman–Crippen MR) is 89.4 cm³/mol. The molecule has 0 bridgehead atoms. The van der Waals surface area contributed by atoms with E-state index >= 15 is 0 Å². The van der Waals surface area contributed by atoms with Crippen LogP contribution in [0.4, 0.5) is 0 Å². The van der Waals surface area contributed by atoms with Crippen molar-refractivity contribution in [2.45, 2.75) is 38.6 Å². The van der Waals surface area contributed by atoms with E-state index in [1.54, 1.807) is 18.2 Å². The highest BCUT2D eigenvalue weighted by Crippen LogP contribution is 2.29. The summed E-state index contributed by atoms with van der Waals surface area (Å²) >= 11 is 0. The monoisotopic (exact) mass is 335 g/mol. The molecule has 1 aromatic carbocycles. The summed E-state index contributed by atoms with van der Waals surface area (Å²) in [6, 6.07) is 5.17. The van der Waals surface area contributed by atoms with Crippen molar-refractivity contribution < 1.29 is 23.8 Å². The van der Waals surface area contributed by atoms with E-state index in [4.69, 9.17) is 14.2 Å². The molecule has 6 heteroatoms. The van der Waals surface area contributed by atoms with Gasteiger partial charge in [-0.25, -0.2) is 4.79 Å². The molecule has 132 valence electrons. The second-order valence-corrected chi connectivity index (χ2v) is 6.14. The minimum Gasteiger partial charge on any atom is -0.496 e. The number of nitrogens with one attached hydrogen (secondary N) is 1. The van der Waals surface area contributed by atoms with Crippen molar-refractivity contribution in [1.29, 1.82) is 0 Å². The average Bonchev–Trinajstić information content (AvgIpc) is 2.60. The van der Waals surface area contributed by atoms with Gasteiger partial charge in [-0.05, 0) is 43.7 Å². The Bertz CT molecular complexity index is 557. The lowest BCUT2D eigenvalue weighted by Gasteiger charge is -2.26. The van der Waals surface area contributed by atoms with Gasteiger partial charge in [0.2, 0.25) is 0 Å². The van der Waals surface area contributed by atoms with Crippen LogP contribution in [0.15, 0.2) is 18.2 Å². The maximum absolute atomic E-state index is 12.3. The van der Waals surface area contributed by atoms with E-state index in [0.717, 1.165) is 25.7 Å².